The van der Waals surface area contributed by atoms with Crippen molar-refractivity contribution in [1.82, 2.24) is 20.1 Å². The van der Waals surface area contributed by atoms with Crippen LogP contribution < -0.4 is 10.3 Å². The van der Waals surface area contributed by atoms with Crippen molar-refractivity contribution in [2.75, 3.05) is 7.11 Å². The number of halogens is 1. The first-order valence-corrected chi connectivity index (χ1v) is 10.3. The second-order valence-electron chi connectivity index (χ2n) is 6.25. The lowest BCUT2D eigenvalue weighted by Gasteiger charge is -2.06. The summed E-state index contributed by atoms with van der Waals surface area (Å²) in [6, 6.07) is 16.0. The fourth-order valence-electron chi connectivity index (χ4n) is 2.77. The number of aromatic nitrogens is 4. The van der Waals surface area contributed by atoms with Crippen LogP contribution in [0.5, 0.6) is 5.75 Å². The number of nitrogens with one attached hydrogen (secondary N) is 1. The molecule has 0 spiro atoms. The third-order valence-electron chi connectivity index (χ3n) is 4.26. The summed E-state index contributed by atoms with van der Waals surface area (Å²) in [5.41, 5.74) is 1.08. The quantitative estimate of drug-likeness (QED) is 0.340. The van der Waals surface area contributed by atoms with E-state index in [0.29, 0.717) is 38.9 Å². The topological polar surface area (TPSA) is 118 Å². The number of H-pyrrole nitrogens is 1. The summed E-state index contributed by atoms with van der Waals surface area (Å²) in [5.74, 6) is 1.72. The Labute approximate surface area is 185 Å². The Morgan fingerprint density at radius 2 is 2.00 bits per heavy atom. The van der Waals surface area contributed by atoms with Gasteiger partial charge in [0.15, 0.2) is 5.16 Å². The standard InChI is InChI=1S/C21H14ClN5O3S/c1-29-15-7-5-12(6-8-15)18-16(10-23)20(28)26-21(25-18)31-11-17-24-19(27-30-17)13-3-2-4-14(22)9-13/h2-9H,11H2,1H3,(H,25,26,28). The third-order valence-corrected chi connectivity index (χ3v) is 5.35. The van der Waals surface area contributed by atoms with Crippen molar-refractivity contribution < 1.29 is 9.26 Å². The highest BCUT2D eigenvalue weighted by atomic mass is 35.5. The SMILES string of the molecule is COc1ccc(-c2nc(SCc3nc(-c4cccc(Cl)c4)no3)[nH]c(=O)c2C#N)cc1. The molecule has 0 aliphatic carbocycles. The van der Waals surface area contributed by atoms with Gasteiger partial charge in [-0.2, -0.15) is 10.2 Å². The number of hydrogen-bond acceptors (Lipinski definition) is 8. The molecule has 10 heteroatoms. The number of nitrogens with zero attached hydrogens (tertiary/aromatic N) is 4. The zero-order valence-electron chi connectivity index (χ0n) is 16.1. The van der Waals surface area contributed by atoms with Crippen LogP contribution in [0.1, 0.15) is 11.5 Å². The summed E-state index contributed by atoms with van der Waals surface area (Å²) >= 11 is 7.21. The van der Waals surface area contributed by atoms with Gasteiger partial charge in [-0.1, -0.05) is 40.7 Å². The van der Waals surface area contributed by atoms with Crippen LogP contribution in [0, 0.1) is 11.3 Å². The summed E-state index contributed by atoms with van der Waals surface area (Å²) in [4.78, 5) is 23.8. The van der Waals surface area contributed by atoms with Crippen molar-refractivity contribution in [3.05, 3.63) is 75.4 Å². The molecule has 0 aliphatic heterocycles. The first-order chi connectivity index (χ1) is 15.1. The van der Waals surface area contributed by atoms with Gasteiger partial charge in [-0.05, 0) is 36.4 Å². The number of thioether (sulfide) groups is 1. The molecule has 0 aliphatic rings. The van der Waals surface area contributed by atoms with Gasteiger partial charge in [-0.25, -0.2) is 4.98 Å². The van der Waals surface area contributed by atoms with Crippen molar-refractivity contribution in [2.24, 2.45) is 0 Å². The maximum Gasteiger partial charge on any atom is 0.270 e. The van der Waals surface area contributed by atoms with Gasteiger partial charge in [0.05, 0.1) is 18.6 Å². The molecule has 0 radical (unpaired) electrons. The number of ether oxygens (including phenoxy) is 1. The Hall–Kier alpha value is -3.61. The lowest BCUT2D eigenvalue weighted by Crippen LogP contribution is -2.14. The second kappa shape index (κ2) is 9.04. The minimum absolute atomic E-state index is 0.0597. The van der Waals surface area contributed by atoms with Gasteiger partial charge >= 0.3 is 0 Å². The predicted molar refractivity (Wildman–Crippen MR) is 116 cm³/mol. The largest absolute Gasteiger partial charge is 0.497 e. The highest BCUT2D eigenvalue weighted by Gasteiger charge is 2.15. The molecule has 0 saturated carbocycles. The molecule has 0 atom stereocenters. The molecule has 0 bridgehead atoms. The van der Waals surface area contributed by atoms with Crippen LogP contribution in [0.15, 0.2) is 63.0 Å². The van der Waals surface area contributed by atoms with E-state index in [1.54, 1.807) is 49.6 Å². The molecule has 0 unspecified atom stereocenters. The van der Waals surface area contributed by atoms with Crippen LogP contribution in [-0.4, -0.2) is 27.2 Å². The Morgan fingerprint density at radius 3 is 2.71 bits per heavy atom. The normalized spacial score (nSPS) is 10.6. The lowest BCUT2D eigenvalue weighted by atomic mass is 10.1. The van der Waals surface area contributed by atoms with Gasteiger partial charge < -0.3 is 14.2 Å². The smallest absolute Gasteiger partial charge is 0.270 e. The van der Waals surface area contributed by atoms with E-state index in [2.05, 4.69) is 20.1 Å². The molecule has 2 aromatic heterocycles. The molecule has 8 nitrogen and oxygen atoms in total. The van der Waals surface area contributed by atoms with Crippen molar-refractivity contribution in [2.45, 2.75) is 10.9 Å². The van der Waals surface area contributed by atoms with E-state index in [1.165, 1.54) is 11.8 Å². The van der Waals surface area contributed by atoms with Crippen LogP contribution >= 0.6 is 23.4 Å². The van der Waals surface area contributed by atoms with Crippen molar-refractivity contribution in [3.63, 3.8) is 0 Å². The number of rotatable bonds is 6. The Bertz CT molecular complexity index is 1330. The highest BCUT2D eigenvalue weighted by Crippen LogP contribution is 2.26. The molecule has 2 aromatic carbocycles. The fourth-order valence-corrected chi connectivity index (χ4v) is 3.66. The van der Waals surface area contributed by atoms with E-state index < -0.39 is 5.56 Å². The number of aromatic amines is 1. The first-order valence-electron chi connectivity index (χ1n) is 8.97. The zero-order chi connectivity index (χ0) is 21.8. The van der Waals surface area contributed by atoms with Crippen LogP contribution in [0.4, 0.5) is 0 Å². The Balaban J connectivity index is 1.57. The molecule has 0 saturated heterocycles. The molecule has 31 heavy (non-hydrogen) atoms. The van der Waals surface area contributed by atoms with E-state index in [0.717, 1.165) is 5.56 Å². The summed E-state index contributed by atoms with van der Waals surface area (Å²) in [6.45, 7) is 0. The molecular formula is C21H14ClN5O3S. The van der Waals surface area contributed by atoms with Gasteiger partial charge in [0, 0.05) is 16.1 Å². The maximum atomic E-state index is 12.4. The van der Waals surface area contributed by atoms with Crippen LogP contribution in [0.25, 0.3) is 22.6 Å². The first kappa shape index (κ1) is 20.7. The molecule has 154 valence electrons. The number of benzene rings is 2. The number of methoxy groups -OCH3 is 1. The van der Waals surface area contributed by atoms with Crippen molar-refractivity contribution in [3.8, 4) is 34.5 Å². The van der Waals surface area contributed by atoms with Gasteiger partial charge in [-0.3, -0.25) is 4.79 Å². The van der Waals surface area contributed by atoms with Crippen LogP contribution in [0.2, 0.25) is 5.02 Å². The Kier molecular flexibility index (Phi) is 6.02. The van der Waals surface area contributed by atoms with Crippen molar-refractivity contribution in [1.29, 1.82) is 5.26 Å². The molecular weight excluding hydrogens is 438 g/mol. The molecule has 0 fully saturated rings. The van der Waals surface area contributed by atoms with E-state index in [9.17, 15) is 10.1 Å². The fraction of sp³-hybridized carbons (Fsp3) is 0.0952. The van der Waals surface area contributed by atoms with Crippen molar-refractivity contribution >= 4 is 23.4 Å². The van der Waals surface area contributed by atoms with E-state index in [1.807, 2.05) is 12.1 Å². The lowest BCUT2D eigenvalue weighted by molar-refractivity contribution is 0.391. The van der Waals surface area contributed by atoms with Gasteiger partial charge in [0.1, 0.15) is 17.4 Å². The summed E-state index contributed by atoms with van der Waals surface area (Å²) in [6.07, 6.45) is 0. The third kappa shape index (κ3) is 4.60. The van der Waals surface area contributed by atoms with E-state index in [4.69, 9.17) is 20.9 Å². The summed E-state index contributed by atoms with van der Waals surface area (Å²) < 4.78 is 10.4. The molecule has 4 rings (SSSR count). The predicted octanol–water partition coefficient (Wildman–Crippen LogP) is 4.31. The maximum absolute atomic E-state index is 12.4. The van der Waals surface area contributed by atoms with E-state index in [-0.39, 0.29) is 11.3 Å². The summed E-state index contributed by atoms with van der Waals surface area (Å²) in [5, 5.41) is 14.3. The highest BCUT2D eigenvalue weighted by molar-refractivity contribution is 7.98. The average Bonchev–Trinajstić information content (AvgIpc) is 3.26. The average molecular weight is 452 g/mol. The van der Waals surface area contributed by atoms with E-state index >= 15 is 0 Å². The molecule has 4 aromatic rings. The summed E-state index contributed by atoms with van der Waals surface area (Å²) in [7, 11) is 1.56. The van der Waals surface area contributed by atoms with Crippen LogP contribution in [0.3, 0.4) is 0 Å². The monoisotopic (exact) mass is 451 g/mol. The molecule has 1 N–H and O–H groups in total. The minimum Gasteiger partial charge on any atom is -0.497 e. The van der Waals surface area contributed by atoms with Crippen LogP contribution in [-0.2, 0) is 5.75 Å². The number of nitriles is 1. The molecule has 0 amide bonds. The van der Waals surface area contributed by atoms with Gasteiger partial charge in [-0.15, -0.1) is 0 Å². The minimum atomic E-state index is -0.518. The van der Waals surface area contributed by atoms with Gasteiger partial charge in [0.25, 0.3) is 5.56 Å². The number of hydrogen-bond donors (Lipinski definition) is 1. The zero-order valence-corrected chi connectivity index (χ0v) is 17.7. The van der Waals surface area contributed by atoms with Gasteiger partial charge in [0.2, 0.25) is 11.7 Å². The molecule has 2 heterocycles. The Morgan fingerprint density at radius 1 is 1.19 bits per heavy atom. The second-order valence-corrected chi connectivity index (χ2v) is 7.65.